The molecule has 210 valence electrons. The zero-order valence-electron chi connectivity index (χ0n) is 24.4. The van der Waals surface area contributed by atoms with E-state index in [-0.39, 0.29) is 0 Å². The van der Waals surface area contributed by atoms with E-state index >= 15 is 0 Å². The van der Waals surface area contributed by atoms with Crippen molar-refractivity contribution in [3.63, 3.8) is 0 Å². The summed E-state index contributed by atoms with van der Waals surface area (Å²) in [6.45, 7) is 0. The summed E-state index contributed by atoms with van der Waals surface area (Å²) in [5, 5.41) is 7.57. The van der Waals surface area contributed by atoms with Crippen LogP contribution in [0.2, 0.25) is 0 Å². The molecule has 0 aliphatic rings. The summed E-state index contributed by atoms with van der Waals surface area (Å²) in [6.07, 6.45) is 0. The lowest BCUT2D eigenvalue weighted by atomic mass is 10.1. The maximum atomic E-state index is 2.48. The normalized spacial score (nSPS) is 12.0. The van der Waals surface area contributed by atoms with Crippen molar-refractivity contribution >= 4 is 65.4 Å². The lowest BCUT2D eigenvalue weighted by molar-refractivity contribution is 1.16. The van der Waals surface area contributed by atoms with Crippen molar-refractivity contribution in [2.75, 3.05) is 0 Å². The Balaban J connectivity index is 1.38. The molecule has 7 aromatic carbocycles. The Kier molecular flexibility index (Phi) is 5.00. The summed E-state index contributed by atoms with van der Waals surface area (Å²) in [5.74, 6) is 0. The van der Waals surface area contributed by atoms with Crippen molar-refractivity contribution in [3.05, 3.63) is 164 Å². The zero-order valence-corrected chi connectivity index (χ0v) is 24.4. The summed E-state index contributed by atoms with van der Waals surface area (Å²) in [4.78, 5) is 0. The predicted octanol–water partition coefficient (Wildman–Crippen LogP) is 11.0. The second-order valence-electron chi connectivity index (χ2n) is 11.8. The first-order valence-electron chi connectivity index (χ1n) is 15.5. The van der Waals surface area contributed by atoms with E-state index in [1.807, 2.05) is 0 Å². The molecular weight excluding hydrogens is 546 g/mol. The highest BCUT2D eigenvalue weighted by molar-refractivity contribution is 6.26. The van der Waals surface area contributed by atoms with E-state index in [1.165, 1.54) is 71.1 Å². The van der Waals surface area contributed by atoms with E-state index in [2.05, 4.69) is 177 Å². The summed E-state index contributed by atoms with van der Waals surface area (Å²) < 4.78 is 7.29. The minimum Gasteiger partial charge on any atom is -0.309 e. The van der Waals surface area contributed by atoms with E-state index < -0.39 is 0 Å². The van der Waals surface area contributed by atoms with Gasteiger partial charge in [-0.25, -0.2) is 0 Å². The van der Waals surface area contributed by atoms with Gasteiger partial charge in [-0.2, -0.15) is 0 Å². The minimum absolute atomic E-state index is 1.15. The van der Waals surface area contributed by atoms with Gasteiger partial charge in [-0.15, -0.1) is 0 Å². The fourth-order valence-corrected chi connectivity index (χ4v) is 7.59. The highest BCUT2D eigenvalue weighted by atomic mass is 15.0. The Morgan fingerprint density at radius 3 is 1.38 bits per heavy atom. The molecule has 3 aromatic heterocycles. The molecule has 0 atom stereocenters. The fourth-order valence-electron chi connectivity index (χ4n) is 7.59. The van der Waals surface area contributed by atoms with Crippen LogP contribution in [0.25, 0.3) is 82.5 Å². The van der Waals surface area contributed by atoms with Crippen LogP contribution in [-0.2, 0) is 0 Å². The highest BCUT2D eigenvalue weighted by Crippen LogP contribution is 2.43. The van der Waals surface area contributed by atoms with Gasteiger partial charge >= 0.3 is 0 Å². The zero-order chi connectivity index (χ0) is 29.5. The van der Waals surface area contributed by atoms with Crippen molar-refractivity contribution in [2.24, 2.45) is 0 Å². The molecule has 0 aliphatic heterocycles. The number of aromatic nitrogens is 3. The van der Waals surface area contributed by atoms with Crippen LogP contribution in [0.5, 0.6) is 0 Å². The van der Waals surface area contributed by atoms with Crippen molar-refractivity contribution < 1.29 is 0 Å². The minimum atomic E-state index is 1.15. The molecule has 0 radical (unpaired) electrons. The molecule has 0 spiro atoms. The van der Waals surface area contributed by atoms with Crippen LogP contribution in [0.1, 0.15) is 0 Å². The SMILES string of the molecule is c1ccc(-n2c3ccccc3c3c2ccc2c4ccc(-n5c6ccccc6c6ccccc65)cc4n(-c4ccccc4)c23)cc1. The number of rotatable bonds is 3. The quantitative estimate of drug-likeness (QED) is 0.200. The molecule has 0 fully saturated rings. The first-order valence-corrected chi connectivity index (χ1v) is 15.5. The van der Waals surface area contributed by atoms with Gasteiger partial charge in [0.05, 0.1) is 33.1 Å². The summed E-state index contributed by atoms with van der Waals surface area (Å²) in [6, 6.07) is 59.4. The highest BCUT2D eigenvalue weighted by Gasteiger charge is 2.21. The van der Waals surface area contributed by atoms with Gasteiger partial charge in [0.25, 0.3) is 0 Å². The Hall–Kier alpha value is -6.06. The van der Waals surface area contributed by atoms with Crippen LogP contribution < -0.4 is 0 Å². The lowest BCUT2D eigenvalue weighted by Crippen LogP contribution is -1.97. The number of benzene rings is 7. The molecular formula is C42H27N3. The van der Waals surface area contributed by atoms with Crippen molar-refractivity contribution in [1.29, 1.82) is 0 Å². The molecule has 3 nitrogen and oxygen atoms in total. The van der Waals surface area contributed by atoms with Gasteiger partial charge in [0.1, 0.15) is 0 Å². The third kappa shape index (κ3) is 3.35. The molecule has 0 aliphatic carbocycles. The number of fused-ring (bicyclic) bond motifs is 10. The monoisotopic (exact) mass is 573 g/mol. The van der Waals surface area contributed by atoms with Crippen molar-refractivity contribution in [3.8, 4) is 17.1 Å². The third-order valence-corrected chi connectivity index (χ3v) is 9.41. The number of hydrogen-bond donors (Lipinski definition) is 0. The molecule has 45 heavy (non-hydrogen) atoms. The molecule has 0 bridgehead atoms. The number of para-hydroxylation sites is 5. The lowest BCUT2D eigenvalue weighted by Gasteiger charge is -2.12. The summed E-state index contributed by atoms with van der Waals surface area (Å²) >= 11 is 0. The van der Waals surface area contributed by atoms with E-state index in [0.29, 0.717) is 0 Å². The van der Waals surface area contributed by atoms with Gasteiger partial charge in [0.15, 0.2) is 0 Å². The molecule has 3 heterocycles. The average Bonchev–Trinajstić information content (AvgIpc) is 3.74. The van der Waals surface area contributed by atoms with Gasteiger partial charge < -0.3 is 13.7 Å². The predicted molar refractivity (Wildman–Crippen MR) is 189 cm³/mol. The Bertz CT molecular complexity index is 2690. The second-order valence-corrected chi connectivity index (χ2v) is 11.8. The van der Waals surface area contributed by atoms with Crippen LogP contribution in [0.3, 0.4) is 0 Å². The van der Waals surface area contributed by atoms with Gasteiger partial charge in [0.2, 0.25) is 0 Å². The van der Waals surface area contributed by atoms with Crippen molar-refractivity contribution in [2.45, 2.75) is 0 Å². The second kappa shape index (κ2) is 9.22. The summed E-state index contributed by atoms with van der Waals surface area (Å²) in [7, 11) is 0. The Morgan fingerprint density at radius 2 is 0.733 bits per heavy atom. The molecule has 0 N–H and O–H groups in total. The molecule has 0 amide bonds. The maximum Gasteiger partial charge on any atom is 0.0641 e. The number of nitrogens with zero attached hydrogens (tertiary/aromatic N) is 3. The molecule has 10 rings (SSSR count). The molecule has 3 heteroatoms. The average molecular weight is 574 g/mol. The third-order valence-electron chi connectivity index (χ3n) is 9.41. The van der Waals surface area contributed by atoms with E-state index in [9.17, 15) is 0 Å². The van der Waals surface area contributed by atoms with Gasteiger partial charge in [-0.3, -0.25) is 0 Å². The first-order chi connectivity index (χ1) is 22.4. The molecule has 0 saturated carbocycles. The Labute approximate surface area is 259 Å². The standard InChI is InChI=1S/C42H27N3/c1-3-13-28(14-4-1)43-38-22-12-9-19-35(38)41-39(43)26-25-34-33-24-23-30(27-40(33)45(42(34)41)29-15-5-2-6-16-29)44-36-20-10-7-17-31(36)32-18-8-11-21-37(32)44/h1-27H. The van der Waals surface area contributed by atoms with Crippen LogP contribution >= 0.6 is 0 Å². The molecule has 0 saturated heterocycles. The largest absolute Gasteiger partial charge is 0.309 e. The van der Waals surface area contributed by atoms with Gasteiger partial charge in [-0.05, 0) is 60.7 Å². The van der Waals surface area contributed by atoms with Crippen LogP contribution in [-0.4, -0.2) is 13.7 Å². The maximum absolute atomic E-state index is 2.48. The van der Waals surface area contributed by atoms with Crippen molar-refractivity contribution in [1.82, 2.24) is 13.7 Å². The number of hydrogen-bond acceptors (Lipinski definition) is 0. The topological polar surface area (TPSA) is 14.8 Å². The summed E-state index contributed by atoms with van der Waals surface area (Å²) in [5.41, 5.74) is 10.8. The van der Waals surface area contributed by atoms with Crippen LogP contribution in [0.4, 0.5) is 0 Å². The van der Waals surface area contributed by atoms with Crippen LogP contribution in [0.15, 0.2) is 164 Å². The Morgan fingerprint density at radius 1 is 0.267 bits per heavy atom. The smallest absolute Gasteiger partial charge is 0.0641 e. The van der Waals surface area contributed by atoms with Gasteiger partial charge in [0, 0.05) is 49.4 Å². The van der Waals surface area contributed by atoms with E-state index in [4.69, 9.17) is 0 Å². The van der Waals surface area contributed by atoms with E-state index in [0.717, 1.165) is 11.4 Å². The molecule has 10 aromatic rings. The fraction of sp³-hybridized carbons (Fsp3) is 0. The van der Waals surface area contributed by atoms with Gasteiger partial charge in [-0.1, -0.05) is 103 Å². The molecule has 0 unspecified atom stereocenters. The van der Waals surface area contributed by atoms with Crippen LogP contribution in [0, 0.1) is 0 Å². The van der Waals surface area contributed by atoms with E-state index in [1.54, 1.807) is 0 Å². The first kappa shape index (κ1) is 24.4.